The van der Waals surface area contributed by atoms with Crippen molar-refractivity contribution in [2.45, 2.75) is 18.8 Å². The van der Waals surface area contributed by atoms with E-state index in [4.69, 9.17) is 9.63 Å². The first-order valence-electron chi connectivity index (χ1n) is 7.12. The van der Waals surface area contributed by atoms with Crippen molar-refractivity contribution < 1.29 is 14.4 Å². The highest BCUT2D eigenvalue weighted by Gasteiger charge is 2.26. The molecule has 2 aromatic rings. The second-order valence-electron chi connectivity index (χ2n) is 5.15. The maximum absolute atomic E-state index is 10.9. The summed E-state index contributed by atoms with van der Waals surface area (Å²) < 4.78 is 5.22. The van der Waals surface area contributed by atoms with Crippen molar-refractivity contribution in [3.8, 4) is 0 Å². The third-order valence-electron chi connectivity index (χ3n) is 3.71. The fourth-order valence-corrected chi connectivity index (χ4v) is 2.45. The molecule has 1 aliphatic heterocycles. The molecule has 3 heterocycles. The van der Waals surface area contributed by atoms with Gasteiger partial charge < -0.3 is 14.5 Å². The van der Waals surface area contributed by atoms with Crippen LogP contribution in [0.5, 0.6) is 0 Å². The van der Waals surface area contributed by atoms with E-state index >= 15 is 0 Å². The maximum atomic E-state index is 10.9. The van der Waals surface area contributed by atoms with Crippen molar-refractivity contribution in [1.29, 1.82) is 0 Å². The molecule has 0 aromatic carbocycles. The maximum Gasteiger partial charge on any atom is 0.407 e. The number of hydrogen-bond acceptors (Lipinski definition) is 5. The number of rotatable bonds is 3. The van der Waals surface area contributed by atoms with Crippen molar-refractivity contribution in [2.24, 2.45) is 0 Å². The van der Waals surface area contributed by atoms with E-state index in [9.17, 15) is 4.79 Å². The molecule has 2 aromatic heterocycles. The lowest BCUT2D eigenvalue weighted by atomic mass is 9.96. The molecule has 7 nitrogen and oxygen atoms in total. The standard InChI is InChI=1S/C15H16N4O3/c20-15(21)19-9-5-12(6-10-19)14-17-13(22-18-14)2-1-11-3-7-16-8-4-11/h1-4,7-8,12H,5-6,9-10H2,(H,20,21). The molecule has 1 N–H and O–H groups in total. The lowest BCUT2D eigenvalue weighted by molar-refractivity contribution is 0.131. The third kappa shape index (κ3) is 3.30. The van der Waals surface area contributed by atoms with E-state index < -0.39 is 6.09 Å². The van der Waals surface area contributed by atoms with Crippen molar-refractivity contribution in [1.82, 2.24) is 20.0 Å². The number of nitrogens with zero attached hydrogens (tertiary/aromatic N) is 4. The number of piperidine rings is 1. The largest absolute Gasteiger partial charge is 0.465 e. The zero-order chi connectivity index (χ0) is 15.4. The first-order chi connectivity index (χ1) is 10.7. The molecule has 0 saturated carbocycles. The molecule has 0 bridgehead atoms. The lowest BCUT2D eigenvalue weighted by Gasteiger charge is -2.28. The van der Waals surface area contributed by atoms with Gasteiger partial charge >= 0.3 is 6.09 Å². The minimum absolute atomic E-state index is 0.155. The van der Waals surface area contributed by atoms with Gasteiger partial charge in [-0.1, -0.05) is 5.16 Å². The Bertz CT molecular complexity index is 660. The van der Waals surface area contributed by atoms with Crippen LogP contribution < -0.4 is 0 Å². The summed E-state index contributed by atoms with van der Waals surface area (Å²) in [6.07, 6.45) is 7.65. The van der Waals surface area contributed by atoms with Gasteiger partial charge in [0.05, 0.1) is 0 Å². The molecule has 1 amide bonds. The summed E-state index contributed by atoms with van der Waals surface area (Å²) in [7, 11) is 0. The van der Waals surface area contributed by atoms with Crippen LogP contribution in [-0.4, -0.2) is 44.3 Å². The summed E-state index contributed by atoms with van der Waals surface area (Å²) in [6.45, 7) is 1.02. The molecule has 0 radical (unpaired) electrons. The Labute approximate surface area is 127 Å². The summed E-state index contributed by atoms with van der Waals surface area (Å²) in [4.78, 5) is 20.6. The number of aromatic nitrogens is 3. The number of carboxylic acid groups (broad SMARTS) is 1. The second-order valence-corrected chi connectivity index (χ2v) is 5.15. The van der Waals surface area contributed by atoms with Crippen LogP contribution >= 0.6 is 0 Å². The molecule has 1 fully saturated rings. The fourth-order valence-electron chi connectivity index (χ4n) is 2.45. The van der Waals surface area contributed by atoms with Gasteiger partial charge in [0.1, 0.15) is 0 Å². The third-order valence-corrected chi connectivity index (χ3v) is 3.71. The summed E-state index contributed by atoms with van der Waals surface area (Å²) in [5.41, 5.74) is 1.00. The smallest absolute Gasteiger partial charge is 0.407 e. The molecule has 1 saturated heterocycles. The minimum atomic E-state index is -0.868. The normalized spacial score (nSPS) is 16.3. The number of carbonyl (C=O) groups is 1. The monoisotopic (exact) mass is 300 g/mol. The lowest BCUT2D eigenvalue weighted by Crippen LogP contribution is -2.37. The Morgan fingerprint density at radius 1 is 1.27 bits per heavy atom. The molecule has 0 aliphatic carbocycles. The zero-order valence-corrected chi connectivity index (χ0v) is 11.9. The van der Waals surface area contributed by atoms with Crippen molar-refractivity contribution >= 4 is 18.2 Å². The molecule has 3 rings (SSSR count). The summed E-state index contributed by atoms with van der Waals surface area (Å²) in [5.74, 6) is 1.26. The van der Waals surface area contributed by atoms with Gasteiger partial charge in [0.25, 0.3) is 5.89 Å². The van der Waals surface area contributed by atoms with Crippen molar-refractivity contribution in [2.75, 3.05) is 13.1 Å². The van der Waals surface area contributed by atoms with E-state index in [2.05, 4.69) is 15.1 Å². The molecule has 0 spiro atoms. The number of likely N-dealkylation sites (tertiary alicyclic amines) is 1. The van der Waals surface area contributed by atoms with Crippen LogP contribution in [0.25, 0.3) is 12.2 Å². The van der Waals surface area contributed by atoms with Crippen LogP contribution in [0.1, 0.15) is 36.0 Å². The summed E-state index contributed by atoms with van der Waals surface area (Å²) in [6, 6.07) is 3.77. The Morgan fingerprint density at radius 3 is 2.68 bits per heavy atom. The van der Waals surface area contributed by atoms with Gasteiger partial charge in [-0.3, -0.25) is 4.98 Å². The highest BCUT2D eigenvalue weighted by Crippen LogP contribution is 2.26. The zero-order valence-electron chi connectivity index (χ0n) is 11.9. The van der Waals surface area contributed by atoms with Crippen LogP contribution in [0.3, 0.4) is 0 Å². The van der Waals surface area contributed by atoms with Gasteiger partial charge in [0.15, 0.2) is 5.82 Å². The molecule has 7 heteroatoms. The number of amides is 1. The molecule has 114 valence electrons. The molecule has 0 atom stereocenters. The number of pyridine rings is 1. The Kier molecular flexibility index (Phi) is 4.13. The first kappa shape index (κ1) is 14.2. The quantitative estimate of drug-likeness (QED) is 0.936. The second kappa shape index (κ2) is 6.38. The van der Waals surface area contributed by atoms with Crippen LogP contribution in [0.15, 0.2) is 29.0 Å². The first-order valence-corrected chi connectivity index (χ1v) is 7.12. The molecule has 1 aliphatic rings. The van der Waals surface area contributed by atoms with Crippen LogP contribution in [0.2, 0.25) is 0 Å². The van der Waals surface area contributed by atoms with Gasteiger partial charge in [0.2, 0.25) is 0 Å². The Balaban J connectivity index is 1.62. The van der Waals surface area contributed by atoms with E-state index in [1.807, 2.05) is 18.2 Å². The van der Waals surface area contributed by atoms with E-state index in [-0.39, 0.29) is 5.92 Å². The Morgan fingerprint density at radius 2 is 2.00 bits per heavy atom. The van der Waals surface area contributed by atoms with Crippen molar-refractivity contribution in [3.63, 3.8) is 0 Å². The predicted octanol–water partition coefficient (Wildman–Crippen LogP) is 2.49. The fraction of sp³-hybridized carbons (Fsp3) is 0.333. The van der Waals surface area contributed by atoms with Gasteiger partial charge in [-0.15, -0.1) is 0 Å². The average molecular weight is 300 g/mol. The topological polar surface area (TPSA) is 92.3 Å². The van der Waals surface area contributed by atoms with Gasteiger partial charge in [-0.05, 0) is 36.6 Å². The number of hydrogen-bond donors (Lipinski definition) is 1. The molecular weight excluding hydrogens is 284 g/mol. The average Bonchev–Trinajstić information content (AvgIpc) is 3.03. The molecule has 0 unspecified atom stereocenters. The van der Waals surface area contributed by atoms with E-state index in [1.54, 1.807) is 18.5 Å². The van der Waals surface area contributed by atoms with E-state index in [0.717, 1.165) is 18.4 Å². The Hall–Kier alpha value is -2.70. The van der Waals surface area contributed by atoms with Gasteiger partial charge in [-0.25, -0.2) is 4.79 Å². The predicted molar refractivity (Wildman–Crippen MR) is 79.0 cm³/mol. The van der Waals surface area contributed by atoms with Crippen LogP contribution in [0, 0.1) is 0 Å². The van der Waals surface area contributed by atoms with Gasteiger partial charge in [0, 0.05) is 37.5 Å². The SMILES string of the molecule is O=C(O)N1CCC(c2noc(C=Cc3ccncc3)n2)CC1. The molecular formula is C15H16N4O3. The molecule has 22 heavy (non-hydrogen) atoms. The van der Waals surface area contributed by atoms with Crippen LogP contribution in [-0.2, 0) is 0 Å². The minimum Gasteiger partial charge on any atom is -0.465 e. The van der Waals surface area contributed by atoms with Crippen LogP contribution in [0.4, 0.5) is 4.79 Å². The van der Waals surface area contributed by atoms with Crippen molar-refractivity contribution in [3.05, 3.63) is 41.8 Å². The summed E-state index contributed by atoms with van der Waals surface area (Å²) in [5, 5.41) is 12.9. The van der Waals surface area contributed by atoms with Gasteiger partial charge in [-0.2, -0.15) is 4.98 Å². The highest BCUT2D eigenvalue weighted by molar-refractivity contribution is 5.65. The van der Waals surface area contributed by atoms with E-state index in [0.29, 0.717) is 24.8 Å². The summed E-state index contributed by atoms with van der Waals surface area (Å²) >= 11 is 0. The van der Waals surface area contributed by atoms with E-state index in [1.165, 1.54) is 4.90 Å². The highest BCUT2D eigenvalue weighted by atomic mass is 16.5.